The quantitative estimate of drug-likeness (QED) is 0.599. The first-order valence-corrected chi connectivity index (χ1v) is 9.95. The van der Waals surface area contributed by atoms with Crippen LogP contribution in [0.15, 0.2) is 53.7 Å². The van der Waals surface area contributed by atoms with Gasteiger partial charge in [0.1, 0.15) is 6.07 Å². The molecule has 1 atom stereocenters. The average Bonchev–Trinajstić information content (AvgIpc) is 3.10. The van der Waals surface area contributed by atoms with Gasteiger partial charge in [0.25, 0.3) is 0 Å². The molecule has 0 bridgehead atoms. The molecule has 0 saturated carbocycles. The van der Waals surface area contributed by atoms with Crippen LogP contribution in [0.5, 0.6) is 0 Å². The molecular weight excluding hydrogens is 394 g/mol. The van der Waals surface area contributed by atoms with E-state index in [1.165, 1.54) is 11.8 Å². The van der Waals surface area contributed by atoms with Gasteiger partial charge in [-0.3, -0.25) is 4.79 Å². The van der Waals surface area contributed by atoms with Crippen LogP contribution in [0.25, 0.3) is 11.4 Å². The molecule has 0 aliphatic carbocycles. The lowest BCUT2D eigenvalue weighted by Crippen LogP contribution is -2.23. The normalized spacial score (nSPS) is 11.6. The Hall–Kier alpha value is -2.82. The van der Waals surface area contributed by atoms with Crippen LogP contribution in [0, 0.1) is 11.3 Å². The molecule has 0 aliphatic heterocycles. The van der Waals surface area contributed by atoms with E-state index in [9.17, 15) is 4.79 Å². The molecule has 0 unspecified atom stereocenters. The molecule has 0 saturated heterocycles. The number of benzene rings is 2. The van der Waals surface area contributed by atoms with Crippen molar-refractivity contribution < 1.29 is 4.79 Å². The zero-order chi connectivity index (χ0) is 20.1. The van der Waals surface area contributed by atoms with Crippen molar-refractivity contribution in [1.29, 1.82) is 5.26 Å². The number of carbonyl (C=O) groups is 1. The number of para-hydroxylation sites is 1. The van der Waals surface area contributed by atoms with Crippen LogP contribution in [0.2, 0.25) is 5.02 Å². The molecule has 0 fully saturated rings. The van der Waals surface area contributed by atoms with Gasteiger partial charge in [0.15, 0.2) is 11.0 Å². The van der Waals surface area contributed by atoms with Crippen LogP contribution in [0.1, 0.15) is 19.4 Å². The van der Waals surface area contributed by atoms with Gasteiger partial charge in [-0.15, -0.1) is 10.2 Å². The fourth-order valence-corrected chi connectivity index (χ4v) is 3.74. The fraction of sp³-hybridized carbons (Fsp3) is 0.200. The van der Waals surface area contributed by atoms with Crippen molar-refractivity contribution in [2.45, 2.75) is 30.8 Å². The lowest BCUT2D eigenvalue weighted by molar-refractivity contribution is -0.115. The van der Waals surface area contributed by atoms with Crippen LogP contribution in [0.4, 0.5) is 5.69 Å². The highest BCUT2D eigenvalue weighted by atomic mass is 35.5. The zero-order valence-corrected chi connectivity index (χ0v) is 17.0. The van der Waals surface area contributed by atoms with Gasteiger partial charge in [-0.1, -0.05) is 47.6 Å². The molecule has 0 aliphatic rings. The maximum Gasteiger partial charge on any atom is 0.237 e. The predicted octanol–water partition coefficient (Wildman–Crippen LogP) is 4.61. The van der Waals surface area contributed by atoms with Crippen LogP contribution in [-0.4, -0.2) is 25.9 Å². The summed E-state index contributed by atoms with van der Waals surface area (Å²) in [5, 5.41) is 21.4. The number of rotatable bonds is 6. The molecule has 1 aromatic heterocycles. The zero-order valence-electron chi connectivity index (χ0n) is 15.4. The van der Waals surface area contributed by atoms with Gasteiger partial charge in [-0.05, 0) is 38.1 Å². The third-order valence-corrected chi connectivity index (χ3v) is 5.39. The summed E-state index contributed by atoms with van der Waals surface area (Å²) in [5.74, 6) is 0.498. The SMILES string of the molecule is CCn1c(S[C@H](C)C(=O)Nc2ccccc2C#N)nnc1-c1cccc(Cl)c1. The van der Waals surface area contributed by atoms with E-state index < -0.39 is 5.25 Å². The minimum Gasteiger partial charge on any atom is -0.324 e. The van der Waals surface area contributed by atoms with E-state index in [4.69, 9.17) is 16.9 Å². The topological polar surface area (TPSA) is 83.6 Å². The van der Waals surface area contributed by atoms with Gasteiger partial charge in [0, 0.05) is 17.1 Å². The highest BCUT2D eigenvalue weighted by Crippen LogP contribution is 2.28. The molecule has 1 heterocycles. The Labute approximate surface area is 172 Å². The summed E-state index contributed by atoms with van der Waals surface area (Å²) in [6.45, 7) is 4.45. The average molecular weight is 412 g/mol. The van der Waals surface area contributed by atoms with Crippen LogP contribution in [-0.2, 0) is 11.3 Å². The first-order valence-electron chi connectivity index (χ1n) is 8.69. The van der Waals surface area contributed by atoms with Crippen LogP contribution in [0.3, 0.4) is 0 Å². The van der Waals surface area contributed by atoms with E-state index in [0.29, 0.717) is 33.8 Å². The van der Waals surface area contributed by atoms with Gasteiger partial charge in [0.2, 0.25) is 5.91 Å². The molecule has 0 radical (unpaired) electrons. The summed E-state index contributed by atoms with van der Waals surface area (Å²) in [6.07, 6.45) is 0. The Kier molecular flexibility index (Phi) is 6.34. The molecule has 142 valence electrons. The second-order valence-corrected chi connectivity index (χ2v) is 7.71. The van der Waals surface area contributed by atoms with Crippen molar-refractivity contribution in [3.63, 3.8) is 0 Å². The first kappa shape index (κ1) is 19.9. The number of amides is 1. The molecule has 3 aromatic rings. The number of nitrogens with one attached hydrogen (secondary N) is 1. The number of anilines is 1. The Morgan fingerprint density at radius 3 is 2.79 bits per heavy atom. The van der Waals surface area contributed by atoms with Crippen LogP contribution >= 0.6 is 23.4 Å². The maximum atomic E-state index is 12.6. The number of hydrogen-bond donors (Lipinski definition) is 1. The van der Waals surface area contributed by atoms with Gasteiger partial charge in [-0.25, -0.2) is 0 Å². The minimum absolute atomic E-state index is 0.206. The molecule has 2 aromatic carbocycles. The summed E-state index contributed by atoms with van der Waals surface area (Å²) >= 11 is 7.40. The number of nitriles is 1. The van der Waals surface area contributed by atoms with Gasteiger partial charge in [-0.2, -0.15) is 5.26 Å². The maximum absolute atomic E-state index is 12.6. The number of thioether (sulfide) groups is 1. The summed E-state index contributed by atoms with van der Waals surface area (Å²) in [7, 11) is 0. The Bertz CT molecular complexity index is 1040. The highest BCUT2D eigenvalue weighted by molar-refractivity contribution is 8.00. The minimum atomic E-state index is -0.423. The largest absolute Gasteiger partial charge is 0.324 e. The predicted molar refractivity (Wildman–Crippen MR) is 111 cm³/mol. The van der Waals surface area contributed by atoms with E-state index in [0.717, 1.165) is 5.56 Å². The number of halogens is 1. The Balaban J connectivity index is 1.78. The first-order chi connectivity index (χ1) is 13.5. The number of carbonyl (C=O) groups excluding carboxylic acids is 1. The van der Waals surface area contributed by atoms with Crippen molar-refractivity contribution >= 4 is 35.0 Å². The van der Waals surface area contributed by atoms with Gasteiger partial charge < -0.3 is 9.88 Å². The molecule has 6 nitrogen and oxygen atoms in total. The van der Waals surface area contributed by atoms with Crippen molar-refractivity contribution in [1.82, 2.24) is 14.8 Å². The van der Waals surface area contributed by atoms with Crippen LogP contribution < -0.4 is 5.32 Å². The Morgan fingerprint density at radius 1 is 1.29 bits per heavy atom. The second kappa shape index (κ2) is 8.91. The number of aromatic nitrogens is 3. The van der Waals surface area contributed by atoms with E-state index in [1.54, 1.807) is 37.3 Å². The summed E-state index contributed by atoms with van der Waals surface area (Å²) in [4.78, 5) is 12.6. The molecule has 8 heteroatoms. The van der Waals surface area contributed by atoms with Crippen molar-refractivity contribution in [2.75, 3.05) is 5.32 Å². The van der Waals surface area contributed by atoms with Crippen molar-refractivity contribution in [3.8, 4) is 17.5 Å². The van der Waals surface area contributed by atoms with E-state index >= 15 is 0 Å². The standard InChI is InChI=1S/C20H18ClN5OS/c1-3-26-18(14-8-6-9-16(21)11-14)24-25-20(26)28-13(2)19(27)23-17-10-5-4-7-15(17)12-22/h4-11,13H,3H2,1-2H3,(H,23,27)/t13-/m1/s1. The lowest BCUT2D eigenvalue weighted by Gasteiger charge is -2.13. The van der Waals surface area contributed by atoms with Crippen molar-refractivity contribution in [2.24, 2.45) is 0 Å². The summed E-state index contributed by atoms with van der Waals surface area (Å²) in [5.41, 5.74) is 1.79. The highest BCUT2D eigenvalue weighted by Gasteiger charge is 2.21. The molecule has 0 spiro atoms. The van der Waals surface area contributed by atoms with E-state index in [-0.39, 0.29) is 5.91 Å². The third-order valence-electron chi connectivity index (χ3n) is 4.07. The van der Waals surface area contributed by atoms with E-state index in [1.807, 2.05) is 29.7 Å². The lowest BCUT2D eigenvalue weighted by atomic mass is 10.2. The monoisotopic (exact) mass is 411 g/mol. The van der Waals surface area contributed by atoms with Gasteiger partial charge >= 0.3 is 0 Å². The third kappa shape index (κ3) is 4.35. The molecular formula is C20H18ClN5OS. The number of nitrogens with zero attached hydrogens (tertiary/aromatic N) is 4. The van der Waals surface area contributed by atoms with Gasteiger partial charge in [0.05, 0.1) is 16.5 Å². The Morgan fingerprint density at radius 2 is 2.07 bits per heavy atom. The molecule has 1 N–H and O–H groups in total. The van der Waals surface area contributed by atoms with E-state index in [2.05, 4.69) is 21.6 Å². The number of hydrogen-bond acceptors (Lipinski definition) is 5. The second-order valence-electron chi connectivity index (χ2n) is 5.97. The fourth-order valence-electron chi connectivity index (χ4n) is 2.64. The van der Waals surface area contributed by atoms with Crippen molar-refractivity contribution in [3.05, 3.63) is 59.1 Å². The molecule has 28 heavy (non-hydrogen) atoms. The smallest absolute Gasteiger partial charge is 0.237 e. The summed E-state index contributed by atoms with van der Waals surface area (Å²) < 4.78 is 1.95. The summed E-state index contributed by atoms with van der Waals surface area (Å²) in [6, 6.07) is 16.4. The molecule has 3 rings (SSSR count). The molecule has 1 amide bonds.